The van der Waals surface area contributed by atoms with Gasteiger partial charge in [-0.25, -0.2) is 4.98 Å². The first-order valence-corrected chi connectivity index (χ1v) is 10.7. The quantitative estimate of drug-likeness (QED) is 0.531. The number of benzene rings is 1. The summed E-state index contributed by atoms with van der Waals surface area (Å²) in [6.07, 6.45) is 0.691. The lowest BCUT2D eigenvalue weighted by Gasteiger charge is -2.37. The fourth-order valence-electron chi connectivity index (χ4n) is 3.37. The fourth-order valence-corrected chi connectivity index (χ4v) is 4.36. The van der Waals surface area contributed by atoms with Gasteiger partial charge in [0.25, 0.3) is 5.56 Å². The maximum atomic E-state index is 13.0. The van der Waals surface area contributed by atoms with Gasteiger partial charge in [-0.2, -0.15) is 0 Å². The number of hydrogen-bond donors (Lipinski definition) is 0. The molecule has 0 spiro atoms. The number of anilines is 1. The largest absolute Gasteiger partial charge is 0.495 e. The average Bonchev–Trinajstić information content (AvgIpc) is 2.76. The van der Waals surface area contributed by atoms with E-state index in [4.69, 9.17) is 4.74 Å². The second-order valence-electron chi connectivity index (χ2n) is 7.03. The number of ether oxygens (including phenoxy) is 1. The number of amides is 1. The van der Waals surface area contributed by atoms with Crippen molar-refractivity contribution in [1.29, 1.82) is 0 Å². The maximum Gasteiger partial charge on any atom is 0.254 e. The van der Waals surface area contributed by atoms with E-state index in [0.717, 1.165) is 30.2 Å². The average molecular weight is 417 g/mol. The molecule has 1 aliphatic heterocycles. The van der Waals surface area contributed by atoms with E-state index in [2.05, 4.69) is 9.88 Å². The van der Waals surface area contributed by atoms with Gasteiger partial charge in [0.1, 0.15) is 5.75 Å². The van der Waals surface area contributed by atoms with Gasteiger partial charge in [0, 0.05) is 45.0 Å². The smallest absolute Gasteiger partial charge is 0.254 e. The lowest BCUT2D eigenvalue weighted by atomic mass is 10.2. The molecule has 1 fully saturated rings. The Hall–Kier alpha value is -2.48. The molecule has 29 heavy (non-hydrogen) atoms. The van der Waals surface area contributed by atoms with E-state index in [1.54, 1.807) is 20.2 Å². The summed E-state index contributed by atoms with van der Waals surface area (Å²) < 4.78 is 6.96. The molecule has 1 aromatic carbocycles. The summed E-state index contributed by atoms with van der Waals surface area (Å²) in [5.41, 5.74) is 1.71. The van der Waals surface area contributed by atoms with Crippen LogP contribution in [-0.4, -0.2) is 58.9 Å². The minimum atomic E-state index is -0.307. The molecule has 1 amide bonds. The third-order valence-corrected chi connectivity index (χ3v) is 6.29. The summed E-state index contributed by atoms with van der Waals surface area (Å²) >= 11 is 1.35. The van der Waals surface area contributed by atoms with Gasteiger partial charge in [-0.15, -0.1) is 0 Å². The molecule has 0 bridgehead atoms. The maximum absolute atomic E-state index is 13.0. The van der Waals surface area contributed by atoms with Crippen LogP contribution in [0.3, 0.4) is 0 Å². The highest BCUT2D eigenvalue weighted by molar-refractivity contribution is 8.00. The van der Waals surface area contributed by atoms with Gasteiger partial charge in [-0.3, -0.25) is 14.2 Å². The van der Waals surface area contributed by atoms with Crippen LogP contribution in [0.1, 0.15) is 19.5 Å². The third-order valence-electron chi connectivity index (χ3n) is 5.16. The van der Waals surface area contributed by atoms with E-state index < -0.39 is 0 Å². The molecule has 1 unspecified atom stereocenters. The molecule has 2 aromatic rings. The normalized spacial score (nSPS) is 15.3. The Balaban J connectivity index is 1.63. The van der Waals surface area contributed by atoms with Gasteiger partial charge in [-0.1, -0.05) is 30.8 Å². The van der Waals surface area contributed by atoms with E-state index in [-0.39, 0.29) is 16.7 Å². The van der Waals surface area contributed by atoms with Crippen LogP contribution in [0.25, 0.3) is 0 Å². The highest BCUT2D eigenvalue weighted by atomic mass is 32.2. The molecule has 3 rings (SSSR count). The number of aromatic nitrogens is 2. The van der Waals surface area contributed by atoms with Crippen LogP contribution >= 0.6 is 11.8 Å². The molecule has 1 aliphatic rings. The van der Waals surface area contributed by atoms with E-state index in [1.807, 2.05) is 43.0 Å². The van der Waals surface area contributed by atoms with Gasteiger partial charge < -0.3 is 14.5 Å². The molecule has 0 aliphatic carbocycles. The zero-order chi connectivity index (χ0) is 21.0. The number of carbonyl (C=O) groups excluding carboxylic acids is 1. The molecule has 7 nitrogen and oxygen atoms in total. The lowest BCUT2D eigenvalue weighted by Crippen LogP contribution is -2.50. The number of piperazine rings is 1. The van der Waals surface area contributed by atoms with Gasteiger partial charge in [0.15, 0.2) is 5.16 Å². The summed E-state index contributed by atoms with van der Waals surface area (Å²) in [4.78, 5) is 33.7. The van der Waals surface area contributed by atoms with Crippen LogP contribution in [-0.2, 0) is 18.3 Å². The number of methoxy groups -OCH3 is 1. The van der Waals surface area contributed by atoms with Crippen molar-refractivity contribution in [2.75, 3.05) is 38.2 Å². The Labute approximate surface area is 175 Å². The lowest BCUT2D eigenvalue weighted by molar-refractivity contribution is -0.130. The summed E-state index contributed by atoms with van der Waals surface area (Å²) in [6, 6.07) is 9.49. The predicted octanol–water partition coefficient (Wildman–Crippen LogP) is 2.18. The summed E-state index contributed by atoms with van der Waals surface area (Å²) in [5, 5.41) is 0.279. The highest BCUT2D eigenvalue weighted by Crippen LogP contribution is 2.29. The molecule has 8 heteroatoms. The minimum Gasteiger partial charge on any atom is -0.495 e. The number of nitrogens with zero attached hydrogens (tertiary/aromatic N) is 4. The van der Waals surface area contributed by atoms with Crippen molar-refractivity contribution in [2.45, 2.75) is 30.7 Å². The van der Waals surface area contributed by atoms with E-state index in [1.165, 1.54) is 16.3 Å². The van der Waals surface area contributed by atoms with Crippen LogP contribution in [0.2, 0.25) is 0 Å². The Kier molecular flexibility index (Phi) is 6.84. The number of hydrogen-bond acceptors (Lipinski definition) is 6. The van der Waals surface area contributed by atoms with Crippen molar-refractivity contribution in [2.24, 2.45) is 7.05 Å². The zero-order valence-corrected chi connectivity index (χ0v) is 18.2. The minimum absolute atomic E-state index is 0.0748. The molecule has 1 atom stereocenters. The molecule has 2 heterocycles. The number of carbonyl (C=O) groups is 1. The van der Waals surface area contributed by atoms with Gasteiger partial charge in [0.2, 0.25) is 5.91 Å². The number of thioether (sulfide) groups is 1. The van der Waals surface area contributed by atoms with Crippen LogP contribution in [0.15, 0.2) is 40.3 Å². The third kappa shape index (κ3) is 4.75. The standard InChI is InChI=1S/C21H28N4O3S/c1-5-16-14-19(26)23(3)21(22-16)29-15(2)20(27)25-12-10-24(11-13-25)17-8-6-7-9-18(17)28-4/h6-9,14-15H,5,10-13H2,1-4H3. The number of rotatable bonds is 6. The topological polar surface area (TPSA) is 67.7 Å². The van der Waals surface area contributed by atoms with Crippen molar-refractivity contribution in [3.05, 3.63) is 46.4 Å². The Bertz CT molecular complexity index is 922. The van der Waals surface area contributed by atoms with E-state index in [9.17, 15) is 9.59 Å². The highest BCUT2D eigenvalue weighted by Gasteiger charge is 2.27. The van der Waals surface area contributed by atoms with Crippen molar-refractivity contribution >= 4 is 23.4 Å². The van der Waals surface area contributed by atoms with Crippen molar-refractivity contribution < 1.29 is 9.53 Å². The molecule has 0 N–H and O–H groups in total. The monoisotopic (exact) mass is 416 g/mol. The van der Waals surface area contributed by atoms with Gasteiger partial charge in [-0.05, 0) is 25.5 Å². The first kappa shape index (κ1) is 21.2. The molecular weight excluding hydrogens is 388 g/mol. The van der Waals surface area contributed by atoms with Gasteiger partial charge in [0.05, 0.1) is 18.0 Å². The predicted molar refractivity (Wildman–Crippen MR) is 116 cm³/mol. The van der Waals surface area contributed by atoms with Gasteiger partial charge >= 0.3 is 0 Å². The van der Waals surface area contributed by atoms with Crippen LogP contribution in [0.5, 0.6) is 5.75 Å². The molecule has 1 saturated heterocycles. The van der Waals surface area contributed by atoms with Crippen LogP contribution in [0.4, 0.5) is 5.69 Å². The summed E-state index contributed by atoms with van der Waals surface area (Å²) in [6.45, 7) is 6.67. The van der Waals surface area contributed by atoms with Crippen molar-refractivity contribution in [3.63, 3.8) is 0 Å². The summed E-state index contributed by atoms with van der Waals surface area (Å²) in [5.74, 6) is 0.921. The fraction of sp³-hybridized carbons (Fsp3) is 0.476. The first-order valence-electron chi connectivity index (χ1n) is 9.85. The zero-order valence-electron chi connectivity index (χ0n) is 17.4. The van der Waals surface area contributed by atoms with Crippen molar-refractivity contribution in [1.82, 2.24) is 14.5 Å². The SMILES string of the molecule is CCc1cc(=O)n(C)c(SC(C)C(=O)N2CCN(c3ccccc3OC)CC2)n1. The molecule has 0 radical (unpaired) electrons. The van der Waals surface area contributed by atoms with Crippen LogP contribution in [0, 0.1) is 0 Å². The van der Waals surface area contributed by atoms with E-state index in [0.29, 0.717) is 24.7 Å². The number of para-hydroxylation sites is 2. The molecule has 1 aromatic heterocycles. The first-order chi connectivity index (χ1) is 13.9. The second kappa shape index (κ2) is 9.35. The Morgan fingerprint density at radius 3 is 2.59 bits per heavy atom. The molecule has 156 valence electrons. The second-order valence-corrected chi connectivity index (χ2v) is 8.33. The van der Waals surface area contributed by atoms with Crippen molar-refractivity contribution in [3.8, 4) is 5.75 Å². The number of aryl methyl sites for hydroxylation is 1. The van der Waals surface area contributed by atoms with E-state index >= 15 is 0 Å². The van der Waals surface area contributed by atoms with Crippen LogP contribution < -0.4 is 15.2 Å². The molecular formula is C21H28N4O3S. The Morgan fingerprint density at radius 2 is 1.93 bits per heavy atom. The summed E-state index contributed by atoms with van der Waals surface area (Å²) in [7, 11) is 3.37. The Morgan fingerprint density at radius 1 is 1.24 bits per heavy atom. The molecule has 0 saturated carbocycles.